The average Bonchev–Trinajstić information content (AvgIpc) is 2.74. The summed E-state index contributed by atoms with van der Waals surface area (Å²) < 4.78 is 2.14. The van der Waals surface area contributed by atoms with E-state index in [1.807, 2.05) is 38.1 Å². The van der Waals surface area contributed by atoms with E-state index in [0.29, 0.717) is 5.82 Å². The predicted molar refractivity (Wildman–Crippen MR) is 84.1 cm³/mol. The molecule has 0 amide bonds. The van der Waals surface area contributed by atoms with Crippen LogP contribution in [0.2, 0.25) is 10.6 Å². The fourth-order valence-corrected chi connectivity index (χ4v) is 2.77. The summed E-state index contributed by atoms with van der Waals surface area (Å²) >= 11 is 11.7. The second-order valence-corrected chi connectivity index (χ2v) is 5.33. The molecule has 0 unspecified atom stereocenters. The van der Waals surface area contributed by atoms with Gasteiger partial charge in [-0.3, -0.25) is 0 Å². The Labute approximate surface area is 132 Å². The van der Waals surface area contributed by atoms with Crippen molar-refractivity contribution in [3.8, 4) is 17.1 Å². The van der Waals surface area contributed by atoms with Gasteiger partial charge in [-0.2, -0.15) is 15.0 Å². The van der Waals surface area contributed by atoms with Crippen molar-refractivity contribution in [3.63, 3.8) is 0 Å². The third kappa shape index (κ3) is 2.64. The van der Waals surface area contributed by atoms with Crippen LogP contribution in [-0.4, -0.2) is 19.5 Å². The molecule has 0 spiro atoms. The van der Waals surface area contributed by atoms with Crippen LogP contribution in [0.3, 0.4) is 0 Å². The van der Waals surface area contributed by atoms with Gasteiger partial charge in [0.1, 0.15) is 0 Å². The van der Waals surface area contributed by atoms with E-state index in [1.54, 1.807) is 0 Å². The van der Waals surface area contributed by atoms with E-state index in [9.17, 15) is 0 Å². The summed E-state index contributed by atoms with van der Waals surface area (Å²) in [6.07, 6.45) is 0. The maximum absolute atomic E-state index is 5.86. The highest BCUT2D eigenvalue weighted by Gasteiger charge is 2.15. The zero-order valence-electron chi connectivity index (χ0n) is 11.5. The summed E-state index contributed by atoms with van der Waals surface area (Å²) in [4.78, 5) is 12.1. The molecule has 0 radical (unpaired) electrons. The lowest BCUT2D eigenvalue weighted by Gasteiger charge is -2.09. The first kappa shape index (κ1) is 14.0. The lowest BCUT2D eigenvalue weighted by Crippen LogP contribution is -1.99. The molecule has 0 aliphatic carbocycles. The average molecular weight is 319 g/mol. The van der Waals surface area contributed by atoms with E-state index in [-0.39, 0.29) is 10.6 Å². The molecule has 21 heavy (non-hydrogen) atoms. The Balaban J connectivity index is 2.18. The van der Waals surface area contributed by atoms with E-state index < -0.39 is 0 Å². The van der Waals surface area contributed by atoms with E-state index in [1.165, 1.54) is 0 Å². The van der Waals surface area contributed by atoms with Crippen LogP contribution in [0.4, 0.5) is 0 Å². The van der Waals surface area contributed by atoms with Crippen LogP contribution in [0.25, 0.3) is 17.1 Å². The normalized spacial score (nSPS) is 10.9. The maximum Gasteiger partial charge on any atom is 0.227 e. The highest BCUT2D eigenvalue weighted by Crippen LogP contribution is 2.28. The van der Waals surface area contributed by atoms with Crippen molar-refractivity contribution in [2.45, 2.75) is 13.8 Å². The molecule has 0 aliphatic rings. The summed E-state index contributed by atoms with van der Waals surface area (Å²) in [6, 6.07) is 12.1. The van der Waals surface area contributed by atoms with E-state index in [4.69, 9.17) is 23.2 Å². The first-order valence-electron chi connectivity index (χ1n) is 6.38. The molecule has 6 heteroatoms. The van der Waals surface area contributed by atoms with Crippen LogP contribution in [0.1, 0.15) is 11.4 Å². The van der Waals surface area contributed by atoms with Gasteiger partial charge < -0.3 is 4.57 Å². The van der Waals surface area contributed by atoms with Gasteiger partial charge in [-0.15, -0.1) is 0 Å². The van der Waals surface area contributed by atoms with Crippen LogP contribution in [0, 0.1) is 13.8 Å². The molecule has 3 aromatic rings. The third-order valence-corrected chi connectivity index (χ3v) is 3.61. The van der Waals surface area contributed by atoms with Gasteiger partial charge >= 0.3 is 0 Å². The fraction of sp³-hybridized carbons (Fsp3) is 0.133. The van der Waals surface area contributed by atoms with Crippen molar-refractivity contribution in [1.82, 2.24) is 19.5 Å². The number of benzene rings is 1. The zero-order valence-corrected chi connectivity index (χ0v) is 13.0. The molecule has 2 aromatic heterocycles. The molecular formula is C15H12Cl2N4. The fourth-order valence-electron chi connectivity index (χ4n) is 2.41. The Morgan fingerprint density at radius 3 is 2.14 bits per heavy atom. The molecule has 0 saturated carbocycles. The maximum atomic E-state index is 5.86. The summed E-state index contributed by atoms with van der Waals surface area (Å²) in [6.45, 7) is 4.05. The molecule has 1 aromatic carbocycles. The molecule has 0 bridgehead atoms. The van der Waals surface area contributed by atoms with Crippen LogP contribution in [0.5, 0.6) is 0 Å². The Kier molecular flexibility index (Phi) is 3.66. The number of para-hydroxylation sites is 1. The van der Waals surface area contributed by atoms with Crippen LogP contribution in [0.15, 0.2) is 36.4 Å². The van der Waals surface area contributed by atoms with E-state index in [2.05, 4.69) is 31.7 Å². The van der Waals surface area contributed by atoms with Gasteiger partial charge in [-0.1, -0.05) is 18.2 Å². The van der Waals surface area contributed by atoms with Crippen molar-refractivity contribution in [2.75, 3.05) is 0 Å². The SMILES string of the molecule is Cc1cc(-c2nc(Cl)nc(Cl)n2)c(C)n1-c1ccccc1. The van der Waals surface area contributed by atoms with E-state index >= 15 is 0 Å². The molecule has 0 N–H and O–H groups in total. The van der Waals surface area contributed by atoms with Crippen LogP contribution in [-0.2, 0) is 0 Å². The minimum atomic E-state index is 0.0921. The molecule has 4 nitrogen and oxygen atoms in total. The van der Waals surface area contributed by atoms with Gasteiger partial charge in [0.15, 0.2) is 5.82 Å². The second kappa shape index (κ2) is 5.47. The predicted octanol–water partition coefficient (Wildman–Crippen LogP) is 4.25. The summed E-state index contributed by atoms with van der Waals surface area (Å²) in [5, 5.41) is 0.184. The number of halogens is 2. The molecule has 0 fully saturated rings. The lowest BCUT2D eigenvalue weighted by molar-refractivity contribution is 0.963. The highest BCUT2D eigenvalue weighted by molar-refractivity contribution is 6.31. The largest absolute Gasteiger partial charge is 0.318 e. The summed E-state index contributed by atoms with van der Waals surface area (Å²) in [5.74, 6) is 0.482. The van der Waals surface area contributed by atoms with E-state index in [0.717, 1.165) is 22.6 Å². The first-order chi connectivity index (χ1) is 10.1. The Hall–Kier alpha value is -1.91. The van der Waals surface area contributed by atoms with Gasteiger partial charge in [-0.25, -0.2) is 0 Å². The molecule has 0 atom stereocenters. The molecular weight excluding hydrogens is 307 g/mol. The third-order valence-electron chi connectivity index (χ3n) is 3.27. The van der Waals surface area contributed by atoms with Gasteiger partial charge in [-0.05, 0) is 55.2 Å². The van der Waals surface area contributed by atoms with Gasteiger partial charge in [0.25, 0.3) is 0 Å². The minimum Gasteiger partial charge on any atom is -0.318 e. The van der Waals surface area contributed by atoms with Crippen molar-refractivity contribution >= 4 is 23.2 Å². The minimum absolute atomic E-state index is 0.0921. The van der Waals surface area contributed by atoms with Gasteiger partial charge in [0.05, 0.1) is 0 Å². The Morgan fingerprint density at radius 1 is 0.905 bits per heavy atom. The summed E-state index contributed by atoms with van der Waals surface area (Å²) in [5.41, 5.74) is 4.09. The monoisotopic (exact) mass is 318 g/mol. The quantitative estimate of drug-likeness (QED) is 0.709. The Morgan fingerprint density at radius 2 is 1.52 bits per heavy atom. The van der Waals surface area contributed by atoms with Crippen molar-refractivity contribution < 1.29 is 0 Å². The van der Waals surface area contributed by atoms with Gasteiger partial charge in [0.2, 0.25) is 10.6 Å². The van der Waals surface area contributed by atoms with Crippen molar-refractivity contribution in [1.29, 1.82) is 0 Å². The van der Waals surface area contributed by atoms with Crippen LogP contribution >= 0.6 is 23.2 Å². The molecule has 2 heterocycles. The standard InChI is InChI=1S/C15H12Cl2N4/c1-9-8-12(13-18-14(16)20-15(17)19-13)10(2)21(9)11-6-4-3-5-7-11/h3-8H,1-2H3. The number of aromatic nitrogens is 4. The number of rotatable bonds is 2. The topological polar surface area (TPSA) is 43.6 Å². The highest BCUT2D eigenvalue weighted by atomic mass is 35.5. The number of nitrogens with zero attached hydrogens (tertiary/aromatic N) is 4. The van der Waals surface area contributed by atoms with Crippen molar-refractivity contribution in [3.05, 3.63) is 58.4 Å². The Bertz CT molecular complexity index is 777. The van der Waals surface area contributed by atoms with Crippen molar-refractivity contribution in [2.24, 2.45) is 0 Å². The molecule has 106 valence electrons. The number of hydrogen-bond acceptors (Lipinski definition) is 3. The number of hydrogen-bond donors (Lipinski definition) is 0. The molecule has 0 aliphatic heterocycles. The zero-order chi connectivity index (χ0) is 15.0. The van der Waals surface area contributed by atoms with Gasteiger partial charge in [0, 0.05) is 22.6 Å². The second-order valence-electron chi connectivity index (χ2n) is 4.65. The molecule has 0 saturated heterocycles. The van der Waals surface area contributed by atoms with Crippen LogP contribution < -0.4 is 0 Å². The summed E-state index contributed by atoms with van der Waals surface area (Å²) in [7, 11) is 0. The lowest BCUT2D eigenvalue weighted by atomic mass is 10.2. The number of aryl methyl sites for hydroxylation is 1. The first-order valence-corrected chi connectivity index (χ1v) is 7.13. The molecule has 3 rings (SSSR count). The smallest absolute Gasteiger partial charge is 0.227 e.